The minimum absolute atomic E-state index is 0.0700. The Morgan fingerprint density at radius 2 is 2.00 bits per heavy atom. The van der Waals surface area contributed by atoms with Crippen LogP contribution in [-0.2, 0) is 4.79 Å². The van der Waals surface area contributed by atoms with Crippen molar-refractivity contribution in [3.63, 3.8) is 0 Å². The summed E-state index contributed by atoms with van der Waals surface area (Å²) in [5, 5.41) is 5.98. The molecule has 1 saturated heterocycles. The molecule has 2 fully saturated rings. The summed E-state index contributed by atoms with van der Waals surface area (Å²) in [6.07, 6.45) is 3.10. The maximum Gasteiger partial charge on any atom is 0.325 e. The SMILES string of the molecule is C=C(CNC)CN1C(=O)NC2(C1=O)C(C)CCCC2C. The predicted molar refractivity (Wildman–Crippen MR) is 78.2 cm³/mol. The van der Waals surface area contributed by atoms with E-state index in [1.165, 1.54) is 4.90 Å². The third kappa shape index (κ3) is 2.24. The van der Waals surface area contributed by atoms with Gasteiger partial charge in [0.2, 0.25) is 0 Å². The van der Waals surface area contributed by atoms with Crippen molar-refractivity contribution in [3.8, 4) is 0 Å². The summed E-state index contributed by atoms with van der Waals surface area (Å²) in [5.74, 6) is 0.301. The second kappa shape index (κ2) is 5.56. The molecule has 1 aliphatic carbocycles. The number of nitrogens with one attached hydrogen (secondary N) is 2. The number of hydrogen-bond donors (Lipinski definition) is 2. The van der Waals surface area contributed by atoms with Crippen LogP contribution in [0.2, 0.25) is 0 Å². The van der Waals surface area contributed by atoms with Gasteiger partial charge in [0.15, 0.2) is 0 Å². The molecule has 1 saturated carbocycles. The molecule has 2 rings (SSSR count). The molecule has 2 unspecified atom stereocenters. The lowest BCUT2D eigenvalue weighted by molar-refractivity contribution is -0.136. The van der Waals surface area contributed by atoms with Crippen LogP contribution < -0.4 is 10.6 Å². The predicted octanol–water partition coefficient (Wildman–Crippen LogP) is 1.51. The number of likely N-dealkylation sites (N-methyl/N-ethyl adjacent to an activating group) is 1. The summed E-state index contributed by atoms with van der Waals surface area (Å²) in [5.41, 5.74) is 0.138. The average Bonchev–Trinajstić information content (AvgIpc) is 2.62. The van der Waals surface area contributed by atoms with Crippen LogP contribution in [0.4, 0.5) is 4.79 Å². The van der Waals surface area contributed by atoms with Gasteiger partial charge in [-0.25, -0.2) is 4.79 Å². The highest BCUT2D eigenvalue weighted by molar-refractivity contribution is 6.07. The molecule has 0 bridgehead atoms. The number of amides is 3. The van der Waals surface area contributed by atoms with E-state index in [4.69, 9.17) is 0 Å². The molecule has 0 radical (unpaired) electrons. The maximum atomic E-state index is 12.8. The number of urea groups is 1. The minimum Gasteiger partial charge on any atom is -0.323 e. The molecule has 0 aromatic rings. The zero-order valence-electron chi connectivity index (χ0n) is 12.7. The van der Waals surface area contributed by atoms with Gasteiger partial charge in [-0.05, 0) is 37.3 Å². The minimum atomic E-state index is -0.699. The van der Waals surface area contributed by atoms with Crippen molar-refractivity contribution in [3.05, 3.63) is 12.2 Å². The van der Waals surface area contributed by atoms with Crippen molar-refractivity contribution in [1.82, 2.24) is 15.5 Å². The molecule has 3 amide bonds. The van der Waals surface area contributed by atoms with Crippen LogP contribution >= 0.6 is 0 Å². The lowest BCUT2D eigenvalue weighted by Crippen LogP contribution is -2.58. The molecular formula is C15H25N3O2. The van der Waals surface area contributed by atoms with Gasteiger partial charge in [-0.2, -0.15) is 0 Å². The van der Waals surface area contributed by atoms with Gasteiger partial charge >= 0.3 is 6.03 Å². The van der Waals surface area contributed by atoms with Crippen LogP contribution in [0.15, 0.2) is 12.2 Å². The normalized spacial score (nSPS) is 33.6. The van der Waals surface area contributed by atoms with Crippen molar-refractivity contribution in [2.45, 2.75) is 38.6 Å². The first-order valence-electron chi connectivity index (χ1n) is 7.38. The van der Waals surface area contributed by atoms with Gasteiger partial charge < -0.3 is 10.6 Å². The molecule has 2 N–H and O–H groups in total. The summed E-state index contributed by atoms with van der Waals surface area (Å²) < 4.78 is 0. The number of carbonyl (C=O) groups is 2. The van der Waals surface area contributed by atoms with E-state index in [-0.39, 0.29) is 23.8 Å². The van der Waals surface area contributed by atoms with Gasteiger partial charge in [-0.15, -0.1) is 0 Å². The second-order valence-corrected chi connectivity index (χ2v) is 6.20. The molecule has 1 aliphatic heterocycles. The molecule has 2 atom stereocenters. The number of hydrogen-bond acceptors (Lipinski definition) is 3. The van der Waals surface area contributed by atoms with E-state index in [1.54, 1.807) is 0 Å². The van der Waals surface area contributed by atoms with E-state index in [2.05, 4.69) is 31.1 Å². The van der Waals surface area contributed by atoms with Crippen LogP contribution in [0.1, 0.15) is 33.1 Å². The Morgan fingerprint density at radius 1 is 1.40 bits per heavy atom. The first kappa shape index (κ1) is 15.0. The fourth-order valence-electron chi connectivity index (χ4n) is 3.63. The Kier molecular flexibility index (Phi) is 4.18. The third-order valence-corrected chi connectivity index (χ3v) is 4.80. The lowest BCUT2D eigenvalue weighted by Gasteiger charge is -2.42. The zero-order valence-corrected chi connectivity index (χ0v) is 12.7. The third-order valence-electron chi connectivity index (χ3n) is 4.80. The van der Waals surface area contributed by atoms with Crippen molar-refractivity contribution in [2.24, 2.45) is 11.8 Å². The molecule has 1 spiro atoms. The summed E-state index contributed by atoms with van der Waals surface area (Å²) in [6, 6.07) is -0.271. The van der Waals surface area contributed by atoms with E-state index in [1.807, 2.05) is 7.05 Å². The van der Waals surface area contributed by atoms with E-state index in [0.717, 1.165) is 24.8 Å². The van der Waals surface area contributed by atoms with Gasteiger partial charge in [0, 0.05) is 6.54 Å². The topological polar surface area (TPSA) is 61.4 Å². The van der Waals surface area contributed by atoms with Gasteiger partial charge in [0.05, 0.1) is 6.54 Å². The van der Waals surface area contributed by atoms with Gasteiger partial charge in [-0.1, -0.05) is 26.8 Å². The number of imide groups is 1. The van der Waals surface area contributed by atoms with Crippen molar-refractivity contribution in [2.75, 3.05) is 20.1 Å². The summed E-state index contributed by atoms with van der Waals surface area (Å²) in [4.78, 5) is 26.4. The Labute approximate surface area is 120 Å². The molecular weight excluding hydrogens is 254 g/mol. The largest absolute Gasteiger partial charge is 0.325 e. The molecule has 20 heavy (non-hydrogen) atoms. The highest BCUT2D eigenvalue weighted by Gasteiger charge is 2.58. The average molecular weight is 279 g/mol. The molecule has 2 aliphatic rings. The van der Waals surface area contributed by atoms with Crippen LogP contribution in [0, 0.1) is 11.8 Å². The Bertz CT molecular complexity index is 423. The molecule has 5 nitrogen and oxygen atoms in total. The van der Waals surface area contributed by atoms with Crippen LogP contribution in [0.5, 0.6) is 0 Å². The zero-order chi connectivity index (χ0) is 14.9. The smallest absolute Gasteiger partial charge is 0.323 e. The van der Waals surface area contributed by atoms with Crippen LogP contribution in [0.25, 0.3) is 0 Å². The lowest BCUT2D eigenvalue weighted by atomic mass is 9.67. The van der Waals surface area contributed by atoms with Crippen LogP contribution in [0.3, 0.4) is 0 Å². The van der Waals surface area contributed by atoms with Crippen molar-refractivity contribution < 1.29 is 9.59 Å². The molecule has 5 heteroatoms. The van der Waals surface area contributed by atoms with E-state index >= 15 is 0 Å². The molecule has 1 heterocycles. The molecule has 0 aromatic carbocycles. The Hall–Kier alpha value is -1.36. The number of nitrogens with zero attached hydrogens (tertiary/aromatic N) is 1. The summed E-state index contributed by atoms with van der Waals surface area (Å²) in [7, 11) is 1.82. The highest BCUT2D eigenvalue weighted by atomic mass is 16.2. The van der Waals surface area contributed by atoms with Gasteiger partial charge in [0.25, 0.3) is 5.91 Å². The first-order chi connectivity index (χ1) is 9.43. The monoisotopic (exact) mass is 279 g/mol. The number of rotatable bonds is 4. The van der Waals surface area contributed by atoms with Crippen molar-refractivity contribution >= 4 is 11.9 Å². The number of carbonyl (C=O) groups excluding carboxylic acids is 2. The van der Waals surface area contributed by atoms with Crippen LogP contribution in [-0.4, -0.2) is 42.5 Å². The Morgan fingerprint density at radius 3 is 2.55 bits per heavy atom. The van der Waals surface area contributed by atoms with E-state index in [9.17, 15) is 9.59 Å². The van der Waals surface area contributed by atoms with Gasteiger partial charge in [-0.3, -0.25) is 9.69 Å². The highest BCUT2D eigenvalue weighted by Crippen LogP contribution is 2.42. The second-order valence-electron chi connectivity index (χ2n) is 6.20. The first-order valence-corrected chi connectivity index (χ1v) is 7.38. The van der Waals surface area contributed by atoms with E-state index < -0.39 is 5.54 Å². The summed E-state index contributed by atoms with van der Waals surface area (Å²) in [6.45, 7) is 8.96. The standard InChI is InChI=1S/C15H25N3O2/c1-10(8-16-4)9-18-13(19)15(17-14(18)20)11(2)6-5-7-12(15)3/h11-12,16H,1,5-9H2,2-4H3,(H,17,20). The Balaban J connectivity index is 2.21. The quantitative estimate of drug-likeness (QED) is 0.606. The fraction of sp³-hybridized carbons (Fsp3) is 0.733. The van der Waals surface area contributed by atoms with Gasteiger partial charge in [0.1, 0.15) is 5.54 Å². The maximum absolute atomic E-state index is 12.8. The fourth-order valence-corrected chi connectivity index (χ4v) is 3.63. The molecule has 112 valence electrons. The molecule has 0 aromatic heterocycles. The van der Waals surface area contributed by atoms with Crippen molar-refractivity contribution in [1.29, 1.82) is 0 Å². The van der Waals surface area contributed by atoms with E-state index in [0.29, 0.717) is 13.1 Å². The summed E-state index contributed by atoms with van der Waals surface area (Å²) >= 11 is 0.